The highest BCUT2D eigenvalue weighted by molar-refractivity contribution is 5.54. The van der Waals surface area contributed by atoms with Crippen molar-refractivity contribution in [1.29, 1.82) is 0 Å². The minimum atomic E-state index is 0.397. The summed E-state index contributed by atoms with van der Waals surface area (Å²) in [6.45, 7) is 4.67. The SMILES string of the molecule is COc1c(NN)ncnc1OCC(C)C. The van der Waals surface area contributed by atoms with Crippen LogP contribution >= 0.6 is 0 Å². The molecule has 0 radical (unpaired) electrons. The summed E-state index contributed by atoms with van der Waals surface area (Å²) >= 11 is 0. The van der Waals surface area contributed by atoms with Crippen molar-refractivity contribution in [3.63, 3.8) is 0 Å². The van der Waals surface area contributed by atoms with E-state index in [-0.39, 0.29) is 0 Å². The molecule has 1 heterocycles. The first-order valence-corrected chi connectivity index (χ1v) is 4.67. The molecule has 6 nitrogen and oxygen atoms in total. The average Bonchev–Trinajstić information content (AvgIpc) is 2.25. The molecule has 0 atom stereocenters. The van der Waals surface area contributed by atoms with Crippen molar-refractivity contribution in [1.82, 2.24) is 9.97 Å². The third kappa shape index (κ3) is 2.95. The van der Waals surface area contributed by atoms with Gasteiger partial charge in [0.2, 0.25) is 5.75 Å². The van der Waals surface area contributed by atoms with Crippen LogP contribution in [-0.4, -0.2) is 23.7 Å². The first kappa shape index (κ1) is 11.5. The number of anilines is 1. The molecule has 1 aromatic heterocycles. The number of hydrogen-bond acceptors (Lipinski definition) is 6. The lowest BCUT2D eigenvalue weighted by Gasteiger charge is -2.12. The number of methoxy groups -OCH3 is 1. The molecule has 0 unspecified atom stereocenters. The van der Waals surface area contributed by atoms with Gasteiger partial charge in [-0.2, -0.15) is 4.98 Å². The highest BCUT2D eigenvalue weighted by atomic mass is 16.5. The number of nitrogens with zero attached hydrogens (tertiary/aromatic N) is 2. The van der Waals surface area contributed by atoms with E-state index in [1.54, 1.807) is 0 Å². The van der Waals surface area contributed by atoms with E-state index in [1.807, 2.05) is 0 Å². The molecule has 0 aliphatic carbocycles. The predicted octanol–water partition coefficient (Wildman–Crippen LogP) is 0.806. The molecule has 15 heavy (non-hydrogen) atoms. The van der Waals surface area contributed by atoms with Gasteiger partial charge < -0.3 is 14.9 Å². The standard InChI is InChI=1S/C9H16N4O2/c1-6(2)4-15-9-7(14-3)8(13-10)11-5-12-9/h5-6H,4,10H2,1-3H3,(H,11,12,13). The zero-order valence-electron chi connectivity index (χ0n) is 9.15. The Balaban J connectivity index is 2.86. The summed E-state index contributed by atoms with van der Waals surface area (Å²) in [6, 6.07) is 0. The average molecular weight is 212 g/mol. The van der Waals surface area contributed by atoms with E-state index in [4.69, 9.17) is 15.3 Å². The number of nitrogen functional groups attached to an aromatic ring is 1. The molecule has 3 N–H and O–H groups in total. The van der Waals surface area contributed by atoms with E-state index in [1.165, 1.54) is 13.4 Å². The molecule has 0 aliphatic rings. The Morgan fingerprint density at radius 2 is 2.20 bits per heavy atom. The predicted molar refractivity (Wildman–Crippen MR) is 56.7 cm³/mol. The maximum atomic E-state index is 5.46. The van der Waals surface area contributed by atoms with Gasteiger partial charge >= 0.3 is 0 Å². The van der Waals surface area contributed by atoms with Gasteiger partial charge in [0.25, 0.3) is 5.88 Å². The molecule has 0 amide bonds. The van der Waals surface area contributed by atoms with E-state index in [0.717, 1.165) is 0 Å². The fourth-order valence-electron chi connectivity index (χ4n) is 0.993. The van der Waals surface area contributed by atoms with Gasteiger partial charge in [-0.15, -0.1) is 0 Å². The van der Waals surface area contributed by atoms with Gasteiger partial charge in [-0.3, -0.25) is 0 Å². The summed E-state index contributed by atoms with van der Waals surface area (Å²) in [5.41, 5.74) is 2.42. The van der Waals surface area contributed by atoms with E-state index in [2.05, 4.69) is 29.2 Å². The Morgan fingerprint density at radius 3 is 2.73 bits per heavy atom. The lowest BCUT2D eigenvalue weighted by atomic mass is 10.2. The van der Waals surface area contributed by atoms with E-state index < -0.39 is 0 Å². The van der Waals surface area contributed by atoms with Crippen molar-refractivity contribution in [2.24, 2.45) is 11.8 Å². The van der Waals surface area contributed by atoms with Crippen LogP contribution in [0.4, 0.5) is 5.82 Å². The minimum absolute atomic E-state index is 0.397. The van der Waals surface area contributed by atoms with Crippen LogP contribution in [-0.2, 0) is 0 Å². The fraction of sp³-hybridized carbons (Fsp3) is 0.556. The van der Waals surface area contributed by atoms with Crippen LogP contribution < -0.4 is 20.7 Å². The second kappa shape index (κ2) is 5.35. The van der Waals surface area contributed by atoms with E-state index >= 15 is 0 Å². The second-order valence-corrected chi connectivity index (χ2v) is 3.41. The van der Waals surface area contributed by atoms with Crippen molar-refractivity contribution in [3.05, 3.63) is 6.33 Å². The number of hydrazine groups is 1. The van der Waals surface area contributed by atoms with Gasteiger partial charge in [-0.1, -0.05) is 13.8 Å². The quantitative estimate of drug-likeness (QED) is 0.555. The van der Waals surface area contributed by atoms with Gasteiger partial charge in [0.05, 0.1) is 13.7 Å². The van der Waals surface area contributed by atoms with Gasteiger partial charge in [0.15, 0.2) is 5.82 Å². The number of nitrogens with one attached hydrogen (secondary N) is 1. The van der Waals surface area contributed by atoms with Crippen molar-refractivity contribution < 1.29 is 9.47 Å². The number of hydrogen-bond donors (Lipinski definition) is 2. The second-order valence-electron chi connectivity index (χ2n) is 3.41. The number of nitrogens with two attached hydrogens (primary N) is 1. The molecule has 84 valence electrons. The Bertz CT molecular complexity index is 317. The maximum absolute atomic E-state index is 5.46. The Hall–Kier alpha value is -1.56. The summed E-state index contributed by atoms with van der Waals surface area (Å²) in [6.07, 6.45) is 1.37. The summed E-state index contributed by atoms with van der Waals surface area (Å²) in [7, 11) is 1.52. The van der Waals surface area contributed by atoms with Gasteiger partial charge in [-0.05, 0) is 5.92 Å². The smallest absolute Gasteiger partial charge is 0.262 e. The molecule has 0 fully saturated rings. The topological polar surface area (TPSA) is 82.3 Å². The molecule has 6 heteroatoms. The molecule has 0 aromatic carbocycles. The van der Waals surface area contributed by atoms with Gasteiger partial charge in [-0.25, -0.2) is 10.8 Å². The van der Waals surface area contributed by atoms with Crippen LogP contribution in [0.2, 0.25) is 0 Å². The first-order valence-electron chi connectivity index (χ1n) is 4.67. The maximum Gasteiger partial charge on any atom is 0.262 e. The van der Waals surface area contributed by atoms with Gasteiger partial charge in [0, 0.05) is 0 Å². The first-order chi connectivity index (χ1) is 7.19. The van der Waals surface area contributed by atoms with Crippen molar-refractivity contribution in [2.45, 2.75) is 13.8 Å². The summed E-state index contributed by atoms with van der Waals surface area (Å²) in [5.74, 6) is 6.91. The van der Waals surface area contributed by atoms with Crippen LogP contribution in [0.1, 0.15) is 13.8 Å². The molecule has 0 saturated carbocycles. The molecule has 0 saturated heterocycles. The third-order valence-electron chi connectivity index (χ3n) is 1.67. The zero-order valence-corrected chi connectivity index (χ0v) is 9.15. The van der Waals surface area contributed by atoms with Gasteiger partial charge in [0.1, 0.15) is 6.33 Å². The lowest BCUT2D eigenvalue weighted by molar-refractivity contribution is 0.246. The fourth-order valence-corrected chi connectivity index (χ4v) is 0.993. The monoisotopic (exact) mass is 212 g/mol. The lowest BCUT2D eigenvalue weighted by Crippen LogP contribution is -2.12. The van der Waals surface area contributed by atoms with Crippen LogP contribution in [0.25, 0.3) is 0 Å². The van der Waals surface area contributed by atoms with Crippen LogP contribution in [0.15, 0.2) is 6.33 Å². The van der Waals surface area contributed by atoms with Crippen molar-refractivity contribution in [2.75, 3.05) is 19.1 Å². The highest BCUT2D eigenvalue weighted by Crippen LogP contribution is 2.30. The molecule has 0 spiro atoms. The molecule has 0 aliphatic heterocycles. The Morgan fingerprint density at radius 1 is 1.47 bits per heavy atom. The van der Waals surface area contributed by atoms with E-state index in [9.17, 15) is 0 Å². The summed E-state index contributed by atoms with van der Waals surface area (Å²) in [5, 5.41) is 0. The van der Waals surface area contributed by atoms with Crippen molar-refractivity contribution >= 4 is 5.82 Å². The third-order valence-corrected chi connectivity index (χ3v) is 1.67. The summed E-state index contributed by atoms with van der Waals surface area (Å²) < 4.78 is 10.6. The molecule has 0 bridgehead atoms. The summed E-state index contributed by atoms with van der Waals surface area (Å²) in [4.78, 5) is 7.88. The molecule has 1 aromatic rings. The van der Waals surface area contributed by atoms with Crippen LogP contribution in [0, 0.1) is 5.92 Å². The zero-order chi connectivity index (χ0) is 11.3. The number of aromatic nitrogens is 2. The van der Waals surface area contributed by atoms with Crippen LogP contribution in [0.3, 0.4) is 0 Å². The highest BCUT2D eigenvalue weighted by Gasteiger charge is 2.12. The normalized spacial score (nSPS) is 10.2. The minimum Gasteiger partial charge on any atom is -0.489 e. The Kier molecular flexibility index (Phi) is 4.11. The molecular formula is C9H16N4O2. The Labute approximate surface area is 88.8 Å². The van der Waals surface area contributed by atoms with E-state index in [0.29, 0.717) is 30.0 Å². The molecular weight excluding hydrogens is 196 g/mol. The van der Waals surface area contributed by atoms with Crippen molar-refractivity contribution in [3.8, 4) is 11.6 Å². The largest absolute Gasteiger partial charge is 0.489 e. The number of ether oxygens (including phenoxy) is 2. The number of rotatable bonds is 5. The van der Waals surface area contributed by atoms with Crippen LogP contribution in [0.5, 0.6) is 11.6 Å². The molecule has 1 rings (SSSR count).